The Hall–Kier alpha value is -9.50. The minimum Gasteiger partial charge on any atom is -0.309 e. The van der Waals surface area contributed by atoms with E-state index >= 15 is 0 Å². The van der Waals surface area contributed by atoms with Crippen LogP contribution in [0.5, 0.6) is 0 Å². The van der Waals surface area contributed by atoms with Crippen LogP contribution in [0.1, 0.15) is 133 Å². The van der Waals surface area contributed by atoms with Gasteiger partial charge in [-0.15, -0.1) is 6.58 Å². The predicted molar refractivity (Wildman–Crippen MR) is 391 cm³/mol. The van der Waals surface area contributed by atoms with Crippen LogP contribution in [0, 0.1) is 0 Å². The van der Waals surface area contributed by atoms with Crippen molar-refractivity contribution in [3.63, 3.8) is 0 Å². The van der Waals surface area contributed by atoms with Gasteiger partial charge in [0.05, 0.1) is 22.1 Å². The van der Waals surface area contributed by atoms with Crippen molar-refractivity contribution in [3.05, 3.63) is 278 Å². The van der Waals surface area contributed by atoms with Gasteiger partial charge >= 0.3 is 0 Å². The highest BCUT2D eigenvalue weighted by molar-refractivity contribution is 6.15. The van der Waals surface area contributed by atoms with E-state index in [1.54, 1.807) is 0 Å². The average Bonchev–Trinajstić information content (AvgIpc) is 1.56. The van der Waals surface area contributed by atoms with E-state index in [4.69, 9.17) is 0 Å². The summed E-state index contributed by atoms with van der Waals surface area (Å²) in [6, 6.07) is 92.8. The van der Waals surface area contributed by atoms with Crippen molar-refractivity contribution in [1.29, 1.82) is 0 Å². The van der Waals surface area contributed by atoms with Crippen molar-refractivity contribution in [2.45, 2.75) is 121 Å². The van der Waals surface area contributed by atoms with Gasteiger partial charge in [0.2, 0.25) is 0 Å². The van der Waals surface area contributed by atoms with Gasteiger partial charge in [-0.2, -0.15) is 0 Å². The molecule has 0 aliphatic heterocycles. The van der Waals surface area contributed by atoms with Crippen molar-refractivity contribution in [2.75, 3.05) is 0 Å². The molecule has 91 heavy (non-hydrogen) atoms. The lowest BCUT2D eigenvalue weighted by Crippen LogP contribution is -2.22. The fourth-order valence-electron chi connectivity index (χ4n) is 16.7. The molecule has 0 amide bonds. The van der Waals surface area contributed by atoms with Gasteiger partial charge in [-0.3, -0.25) is 0 Å². The van der Waals surface area contributed by atoms with Gasteiger partial charge in [-0.05, 0) is 173 Å². The van der Waals surface area contributed by atoms with E-state index in [1.807, 2.05) is 0 Å². The Morgan fingerprint density at radius 1 is 0.308 bits per heavy atom. The van der Waals surface area contributed by atoms with Gasteiger partial charge in [0.25, 0.3) is 0 Å². The highest BCUT2D eigenvalue weighted by Gasteiger charge is 2.42. The SMILES string of the molecule is C=CC1(CCCCCCCC)c2ccccc2-c2cc3c(cc21)c1ccc(-c2cccc4ccccc24)cc1n3-c1ccc(-c2ccc(-n3c4cc(-c5cccc6ccccc56)ccc4c4cc5c(cc43)-c3ccccc3C5(C)CCCCCCCC)cc2)cc1. The first-order valence-electron chi connectivity index (χ1n) is 34.1. The summed E-state index contributed by atoms with van der Waals surface area (Å²) in [4.78, 5) is 0. The lowest BCUT2D eigenvalue weighted by atomic mass is 9.74. The maximum absolute atomic E-state index is 4.63. The van der Waals surface area contributed by atoms with Crippen LogP contribution in [0.15, 0.2) is 255 Å². The molecule has 2 atom stereocenters. The zero-order chi connectivity index (χ0) is 61.2. The molecule has 0 N–H and O–H groups in total. The maximum atomic E-state index is 4.63. The largest absolute Gasteiger partial charge is 0.309 e. The van der Waals surface area contributed by atoms with Crippen LogP contribution >= 0.6 is 0 Å². The molecule has 2 heterocycles. The van der Waals surface area contributed by atoms with E-state index in [1.165, 1.54) is 220 Å². The van der Waals surface area contributed by atoms with Crippen LogP contribution < -0.4 is 0 Å². The molecular weight excluding hydrogens is 1100 g/mol. The molecule has 12 aromatic carbocycles. The summed E-state index contributed by atoms with van der Waals surface area (Å²) in [6.07, 6.45) is 19.9. The van der Waals surface area contributed by atoms with Crippen LogP contribution in [0.25, 0.3) is 132 Å². The van der Waals surface area contributed by atoms with Crippen molar-refractivity contribution in [1.82, 2.24) is 9.13 Å². The molecule has 0 bridgehead atoms. The highest BCUT2D eigenvalue weighted by Crippen LogP contribution is 2.56. The molecule has 14 aromatic rings. The molecular formula is C89H80N2. The number of unbranched alkanes of at least 4 members (excludes halogenated alkanes) is 10. The average molecular weight is 1180 g/mol. The summed E-state index contributed by atoms with van der Waals surface area (Å²) >= 11 is 0. The molecule has 2 aromatic heterocycles. The molecule has 2 unspecified atom stereocenters. The lowest BCUT2D eigenvalue weighted by molar-refractivity contribution is 0.481. The monoisotopic (exact) mass is 1180 g/mol. The highest BCUT2D eigenvalue weighted by atomic mass is 15.0. The minimum absolute atomic E-state index is 0.0567. The Morgan fingerprint density at radius 2 is 0.714 bits per heavy atom. The molecule has 2 nitrogen and oxygen atoms in total. The Bertz CT molecular complexity index is 5110. The zero-order valence-electron chi connectivity index (χ0n) is 53.2. The molecule has 0 radical (unpaired) electrons. The Balaban J connectivity index is 0.811. The first-order valence-corrected chi connectivity index (χ1v) is 34.1. The molecule has 0 saturated heterocycles. The summed E-state index contributed by atoms with van der Waals surface area (Å²) in [6.45, 7) is 11.8. The number of nitrogens with zero attached hydrogens (tertiary/aromatic N) is 2. The number of aromatic nitrogens is 2. The van der Waals surface area contributed by atoms with E-state index in [0.29, 0.717) is 0 Å². The van der Waals surface area contributed by atoms with Crippen LogP contribution in [0.4, 0.5) is 0 Å². The third kappa shape index (κ3) is 9.42. The second kappa shape index (κ2) is 23.4. The van der Waals surface area contributed by atoms with Crippen molar-refractivity contribution < 1.29 is 0 Å². The standard InChI is InChI=1S/C89H80N2/c1-5-8-10-12-14-24-52-88(4)80-38-22-20-34-72(80)76-58-86-78(56-82(76)88)74-50-44-64(70-36-26-30-62-28-16-18-32-68(62)70)54-84(74)90(86)66-46-40-60(41-47-66)61-42-48-67(49-43-61)91-85-55-65(71-37-27-31-63-29-17-19-33-69(63)71)45-51-75(85)79-57-83-77(59-87(79)91)73-35-21-23-39-81(73)89(83,7-3)53-25-15-13-11-9-6-2/h7,16-23,26-51,54-59H,3,5-6,8-15,24-25,52-53H2,1-2,4H3. The number of allylic oxidation sites excluding steroid dienone is 1. The quantitative estimate of drug-likeness (QED) is 0.0532. The van der Waals surface area contributed by atoms with E-state index < -0.39 is 0 Å². The third-order valence-electron chi connectivity index (χ3n) is 21.5. The second-order valence-electron chi connectivity index (χ2n) is 26.7. The molecule has 2 aliphatic carbocycles. The smallest absolute Gasteiger partial charge is 0.0547 e. The Kier molecular flexibility index (Phi) is 14.6. The van der Waals surface area contributed by atoms with Gasteiger partial charge in [0.1, 0.15) is 0 Å². The second-order valence-corrected chi connectivity index (χ2v) is 26.7. The van der Waals surface area contributed by atoms with E-state index in [9.17, 15) is 0 Å². The normalized spacial score (nSPS) is 15.7. The van der Waals surface area contributed by atoms with Gasteiger partial charge in [-0.25, -0.2) is 0 Å². The topological polar surface area (TPSA) is 9.86 Å². The van der Waals surface area contributed by atoms with Gasteiger partial charge in [0.15, 0.2) is 0 Å². The molecule has 16 rings (SSSR count). The van der Waals surface area contributed by atoms with Crippen molar-refractivity contribution >= 4 is 65.2 Å². The predicted octanol–water partition coefficient (Wildman–Crippen LogP) is 25.4. The number of hydrogen-bond acceptors (Lipinski definition) is 0. The molecule has 0 saturated carbocycles. The van der Waals surface area contributed by atoms with Gasteiger partial charge in [-0.1, -0.05) is 286 Å². The van der Waals surface area contributed by atoms with Gasteiger partial charge in [0, 0.05) is 43.7 Å². The molecule has 2 heteroatoms. The Morgan fingerprint density at radius 3 is 1.25 bits per heavy atom. The van der Waals surface area contributed by atoms with Crippen LogP contribution in [-0.2, 0) is 10.8 Å². The molecule has 0 fully saturated rings. The summed E-state index contributed by atoms with van der Waals surface area (Å²) in [5.74, 6) is 0. The van der Waals surface area contributed by atoms with Crippen molar-refractivity contribution in [3.8, 4) is 67.0 Å². The summed E-state index contributed by atoms with van der Waals surface area (Å²) < 4.78 is 5.09. The first kappa shape index (κ1) is 56.7. The number of rotatable bonds is 20. The van der Waals surface area contributed by atoms with Crippen LogP contribution in [0.3, 0.4) is 0 Å². The molecule has 0 spiro atoms. The maximum Gasteiger partial charge on any atom is 0.0547 e. The zero-order valence-corrected chi connectivity index (χ0v) is 53.2. The summed E-state index contributed by atoms with van der Waals surface area (Å²) in [5.41, 5.74) is 25.4. The van der Waals surface area contributed by atoms with Crippen molar-refractivity contribution in [2.24, 2.45) is 0 Å². The van der Waals surface area contributed by atoms with E-state index in [0.717, 1.165) is 24.2 Å². The van der Waals surface area contributed by atoms with E-state index in [2.05, 4.69) is 285 Å². The lowest BCUT2D eigenvalue weighted by Gasteiger charge is -2.29. The number of benzene rings is 12. The summed E-state index contributed by atoms with van der Waals surface area (Å²) in [5, 5.41) is 10.2. The van der Waals surface area contributed by atoms with Crippen LogP contribution in [0.2, 0.25) is 0 Å². The minimum atomic E-state index is -0.248. The third-order valence-corrected chi connectivity index (χ3v) is 21.5. The number of fused-ring (bicyclic) bond motifs is 14. The molecule has 2 aliphatic rings. The molecule has 446 valence electrons. The van der Waals surface area contributed by atoms with Crippen LogP contribution in [-0.4, -0.2) is 9.13 Å². The van der Waals surface area contributed by atoms with E-state index in [-0.39, 0.29) is 10.8 Å². The Labute approximate surface area is 537 Å². The number of hydrogen-bond donors (Lipinski definition) is 0. The van der Waals surface area contributed by atoms with Gasteiger partial charge < -0.3 is 9.13 Å². The fraction of sp³-hybridized carbons (Fsp3) is 0.213. The fourth-order valence-corrected chi connectivity index (χ4v) is 16.7. The summed E-state index contributed by atoms with van der Waals surface area (Å²) in [7, 11) is 0. The first-order chi connectivity index (χ1) is 44.9.